The summed E-state index contributed by atoms with van der Waals surface area (Å²) in [7, 11) is 2.04. The Morgan fingerprint density at radius 1 is 1.41 bits per heavy atom. The van der Waals surface area contributed by atoms with Gasteiger partial charge in [0.25, 0.3) is 0 Å². The standard InChI is InChI=1S/C13H20ClNS2/c1-15-11(12-7-8-13(14)17-12)9-16-10-5-3-2-4-6-10/h7-8,10-11,15H,2-6,9H2,1H3. The van der Waals surface area contributed by atoms with E-state index in [-0.39, 0.29) is 0 Å². The molecule has 0 bridgehead atoms. The molecule has 1 saturated carbocycles. The molecule has 1 N–H and O–H groups in total. The number of halogens is 1. The van der Waals surface area contributed by atoms with Crippen molar-refractivity contribution in [2.75, 3.05) is 12.8 Å². The lowest BCUT2D eigenvalue weighted by molar-refractivity contribution is 0.515. The first-order valence-corrected chi connectivity index (χ1v) is 8.58. The summed E-state index contributed by atoms with van der Waals surface area (Å²) in [6, 6.07) is 4.60. The first-order chi connectivity index (χ1) is 8.29. The molecule has 1 fully saturated rings. The zero-order chi connectivity index (χ0) is 12.1. The number of hydrogen-bond donors (Lipinski definition) is 1. The third-order valence-corrected chi connectivity index (χ3v) is 6.15. The second-order valence-corrected chi connectivity index (χ2v) is 7.66. The normalized spacial score (nSPS) is 19.4. The molecule has 1 nitrogen and oxygen atoms in total. The van der Waals surface area contributed by atoms with Crippen molar-refractivity contribution < 1.29 is 0 Å². The molecule has 2 rings (SSSR count). The third kappa shape index (κ3) is 4.16. The van der Waals surface area contributed by atoms with Crippen molar-refractivity contribution >= 4 is 34.7 Å². The van der Waals surface area contributed by atoms with Crippen LogP contribution < -0.4 is 5.32 Å². The fourth-order valence-electron chi connectivity index (χ4n) is 2.29. The van der Waals surface area contributed by atoms with Gasteiger partial charge in [0, 0.05) is 15.9 Å². The molecule has 0 aliphatic heterocycles. The predicted octanol–water partition coefficient (Wildman–Crippen LogP) is 4.73. The minimum absolute atomic E-state index is 0.458. The molecular formula is C13H20ClNS2. The van der Waals surface area contributed by atoms with E-state index in [1.165, 1.54) is 37.0 Å². The molecule has 0 saturated heterocycles. The summed E-state index contributed by atoms with van der Waals surface area (Å²) in [6.07, 6.45) is 7.10. The van der Waals surface area contributed by atoms with Crippen molar-refractivity contribution in [1.29, 1.82) is 0 Å². The Kier molecular flexibility index (Phi) is 5.67. The zero-order valence-electron chi connectivity index (χ0n) is 10.2. The van der Waals surface area contributed by atoms with E-state index in [0.29, 0.717) is 6.04 Å². The lowest BCUT2D eigenvalue weighted by Crippen LogP contribution is -2.20. The van der Waals surface area contributed by atoms with Gasteiger partial charge in [-0.25, -0.2) is 0 Å². The molecular weight excluding hydrogens is 270 g/mol. The Bertz CT molecular complexity index is 334. The first-order valence-electron chi connectivity index (χ1n) is 6.33. The average molecular weight is 290 g/mol. The number of thiophene rings is 1. The minimum Gasteiger partial charge on any atom is -0.312 e. The molecule has 17 heavy (non-hydrogen) atoms. The number of thioether (sulfide) groups is 1. The smallest absolute Gasteiger partial charge is 0.0931 e. The highest BCUT2D eigenvalue weighted by Crippen LogP contribution is 2.33. The van der Waals surface area contributed by atoms with Gasteiger partial charge >= 0.3 is 0 Å². The lowest BCUT2D eigenvalue weighted by Gasteiger charge is -2.23. The summed E-state index contributed by atoms with van der Waals surface area (Å²) in [5.41, 5.74) is 0. The van der Waals surface area contributed by atoms with Crippen molar-refractivity contribution in [2.24, 2.45) is 0 Å². The molecule has 0 spiro atoms. The highest BCUT2D eigenvalue weighted by molar-refractivity contribution is 7.99. The van der Waals surface area contributed by atoms with Gasteiger partial charge in [0.2, 0.25) is 0 Å². The van der Waals surface area contributed by atoms with Crippen LogP contribution in [0, 0.1) is 0 Å². The molecule has 96 valence electrons. The molecule has 1 unspecified atom stereocenters. The minimum atomic E-state index is 0.458. The average Bonchev–Trinajstić information content (AvgIpc) is 2.78. The Hall–Kier alpha value is 0.300. The first kappa shape index (κ1) is 13.7. The largest absolute Gasteiger partial charge is 0.312 e. The van der Waals surface area contributed by atoms with E-state index in [4.69, 9.17) is 11.6 Å². The summed E-state index contributed by atoms with van der Waals surface area (Å²) in [5.74, 6) is 1.16. The third-order valence-electron chi connectivity index (χ3n) is 3.34. The molecule has 0 aromatic carbocycles. The molecule has 0 radical (unpaired) electrons. The Balaban J connectivity index is 1.82. The highest BCUT2D eigenvalue weighted by atomic mass is 35.5. The van der Waals surface area contributed by atoms with E-state index in [1.807, 2.05) is 13.1 Å². The maximum atomic E-state index is 5.99. The second kappa shape index (κ2) is 7.03. The molecule has 1 aromatic rings. The highest BCUT2D eigenvalue weighted by Gasteiger charge is 2.17. The zero-order valence-corrected chi connectivity index (χ0v) is 12.6. The molecule has 1 heterocycles. The van der Waals surface area contributed by atoms with Gasteiger partial charge in [-0.05, 0) is 32.0 Å². The summed E-state index contributed by atoms with van der Waals surface area (Å²) in [6.45, 7) is 0. The van der Waals surface area contributed by atoms with Crippen molar-refractivity contribution in [2.45, 2.75) is 43.4 Å². The van der Waals surface area contributed by atoms with E-state index >= 15 is 0 Å². The van der Waals surface area contributed by atoms with Gasteiger partial charge in [0.15, 0.2) is 0 Å². The number of rotatable bonds is 5. The van der Waals surface area contributed by atoms with E-state index in [9.17, 15) is 0 Å². The SMILES string of the molecule is CNC(CSC1CCCCC1)c1ccc(Cl)s1. The summed E-state index contributed by atoms with van der Waals surface area (Å²) in [4.78, 5) is 1.36. The van der Waals surface area contributed by atoms with Crippen LogP contribution in [-0.4, -0.2) is 18.1 Å². The van der Waals surface area contributed by atoms with Crippen LogP contribution in [0.3, 0.4) is 0 Å². The van der Waals surface area contributed by atoms with Gasteiger partial charge in [0.05, 0.1) is 10.4 Å². The van der Waals surface area contributed by atoms with Gasteiger partial charge in [0.1, 0.15) is 0 Å². The van der Waals surface area contributed by atoms with Gasteiger partial charge in [-0.15, -0.1) is 11.3 Å². The van der Waals surface area contributed by atoms with Crippen molar-refractivity contribution in [3.05, 3.63) is 21.3 Å². The Labute approximate surface area is 117 Å². The van der Waals surface area contributed by atoms with Crippen molar-refractivity contribution in [1.82, 2.24) is 5.32 Å². The molecule has 1 aliphatic rings. The molecule has 1 aliphatic carbocycles. The fraction of sp³-hybridized carbons (Fsp3) is 0.692. The van der Waals surface area contributed by atoms with E-state index in [2.05, 4.69) is 23.1 Å². The van der Waals surface area contributed by atoms with Crippen LogP contribution in [-0.2, 0) is 0 Å². The van der Waals surface area contributed by atoms with E-state index < -0.39 is 0 Å². The molecule has 4 heteroatoms. The summed E-state index contributed by atoms with van der Waals surface area (Å²) >= 11 is 9.83. The van der Waals surface area contributed by atoms with Crippen molar-refractivity contribution in [3.8, 4) is 0 Å². The fourth-order valence-corrected chi connectivity index (χ4v) is 5.04. The lowest BCUT2D eigenvalue weighted by atomic mass is 10.0. The summed E-state index contributed by atoms with van der Waals surface area (Å²) in [5, 5.41) is 4.29. The number of hydrogen-bond acceptors (Lipinski definition) is 3. The molecule has 1 aromatic heterocycles. The second-order valence-electron chi connectivity index (χ2n) is 4.58. The Morgan fingerprint density at radius 2 is 2.18 bits per heavy atom. The van der Waals surface area contributed by atoms with Gasteiger partial charge in [-0.3, -0.25) is 0 Å². The van der Waals surface area contributed by atoms with Crippen LogP contribution in [0.15, 0.2) is 12.1 Å². The van der Waals surface area contributed by atoms with Gasteiger partial charge in [-0.2, -0.15) is 11.8 Å². The maximum absolute atomic E-state index is 5.99. The van der Waals surface area contributed by atoms with Gasteiger partial charge in [-0.1, -0.05) is 30.9 Å². The van der Waals surface area contributed by atoms with Gasteiger partial charge < -0.3 is 5.32 Å². The molecule has 1 atom stereocenters. The van der Waals surface area contributed by atoms with Crippen LogP contribution in [0.4, 0.5) is 0 Å². The monoisotopic (exact) mass is 289 g/mol. The summed E-state index contributed by atoms with van der Waals surface area (Å²) < 4.78 is 0.892. The van der Waals surface area contributed by atoms with Crippen molar-refractivity contribution in [3.63, 3.8) is 0 Å². The van der Waals surface area contributed by atoms with Crippen LogP contribution in [0.2, 0.25) is 4.34 Å². The molecule has 0 amide bonds. The topological polar surface area (TPSA) is 12.0 Å². The quantitative estimate of drug-likeness (QED) is 0.841. The van der Waals surface area contributed by atoms with Crippen LogP contribution in [0.25, 0.3) is 0 Å². The van der Waals surface area contributed by atoms with E-state index in [0.717, 1.165) is 15.3 Å². The number of nitrogens with one attached hydrogen (secondary N) is 1. The van der Waals surface area contributed by atoms with Crippen LogP contribution >= 0.6 is 34.7 Å². The Morgan fingerprint density at radius 3 is 2.76 bits per heavy atom. The maximum Gasteiger partial charge on any atom is 0.0931 e. The van der Waals surface area contributed by atoms with E-state index in [1.54, 1.807) is 11.3 Å². The van der Waals surface area contributed by atoms with Crippen LogP contribution in [0.5, 0.6) is 0 Å². The predicted molar refractivity (Wildman–Crippen MR) is 80.5 cm³/mol. The van der Waals surface area contributed by atoms with Crippen LogP contribution in [0.1, 0.15) is 43.0 Å².